The second kappa shape index (κ2) is 4.96. The zero-order valence-electron chi connectivity index (χ0n) is 10.5. The van der Waals surface area contributed by atoms with E-state index in [1.165, 1.54) is 5.56 Å². The maximum atomic E-state index is 9.61. The van der Waals surface area contributed by atoms with Gasteiger partial charge in [0.05, 0.1) is 5.60 Å². The highest BCUT2D eigenvalue weighted by Gasteiger charge is 2.14. The second-order valence-electron chi connectivity index (χ2n) is 5.21. The number of aliphatic hydroxyl groups is 1. The molecule has 3 heteroatoms. The Balaban J connectivity index is 1.80. The molecule has 0 bridgehead atoms. The summed E-state index contributed by atoms with van der Waals surface area (Å²) >= 11 is 0. The van der Waals surface area contributed by atoms with Crippen molar-refractivity contribution in [1.29, 1.82) is 0 Å². The average Bonchev–Trinajstić information content (AvgIpc) is 2.70. The van der Waals surface area contributed by atoms with E-state index in [2.05, 4.69) is 6.07 Å². The summed E-state index contributed by atoms with van der Waals surface area (Å²) in [6.45, 7) is 4.04. The Labute approximate surface area is 102 Å². The number of hydrogen-bond donors (Lipinski definition) is 1. The van der Waals surface area contributed by atoms with Crippen LogP contribution in [0.5, 0.6) is 11.5 Å². The van der Waals surface area contributed by atoms with Gasteiger partial charge >= 0.3 is 0 Å². The lowest BCUT2D eigenvalue weighted by Gasteiger charge is -2.16. The first kappa shape index (κ1) is 12.2. The fourth-order valence-corrected chi connectivity index (χ4v) is 1.98. The van der Waals surface area contributed by atoms with Crippen molar-refractivity contribution in [3.05, 3.63) is 23.8 Å². The summed E-state index contributed by atoms with van der Waals surface area (Å²) in [5.41, 5.74) is 0.722. The maximum Gasteiger partial charge on any atom is 0.231 e. The molecule has 1 heterocycles. The highest BCUT2D eigenvalue weighted by atomic mass is 16.7. The number of aryl methyl sites for hydroxylation is 1. The van der Waals surface area contributed by atoms with Gasteiger partial charge in [-0.25, -0.2) is 0 Å². The third-order valence-corrected chi connectivity index (χ3v) is 2.94. The van der Waals surface area contributed by atoms with Crippen LogP contribution in [0.1, 0.15) is 38.7 Å². The summed E-state index contributed by atoms with van der Waals surface area (Å²) in [4.78, 5) is 0. The zero-order valence-corrected chi connectivity index (χ0v) is 10.5. The Kier molecular flexibility index (Phi) is 3.57. The molecule has 1 aliphatic rings. The fraction of sp³-hybridized carbons (Fsp3) is 0.571. The molecule has 0 radical (unpaired) electrons. The van der Waals surface area contributed by atoms with E-state index in [4.69, 9.17) is 9.47 Å². The van der Waals surface area contributed by atoms with Gasteiger partial charge in [-0.05, 0) is 50.8 Å². The molecule has 1 N–H and O–H groups in total. The van der Waals surface area contributed by atoms with Crippen LogP contribution in [0.4, 0.5) is 0 Å². The SMILES string of the molecule is CC(C)(O)CCCCc1ccc2c(c1)OCO2. The average molecular weight is 236 g/mol. The third-order valence-electron chi connectivity index (χ3n) is 2.94. The van der Waals surface area contributed by atoms with Crippen LogP contribution in [0.2, 0.25) is 0 Å². The minimum atomic E-state index is -0.547. The van der Waals surface area contributed by atoms with Gasteiger partial charge in [-0.2, -0.15) is 0 Å². The summed E-state index contributed by atoms with van der Waals surface area (Å²) in [6.07, 6.45) is 3.99. The monoisotopic (exact) mass is 236 g/mol. The summed E-state index contributed by atoms with van der Waals surface area (Å²) in [5, 5.41) is 9.61. The molecule has 17 heavy (non-hydrogen) atoms. The normalized spacial score (nSPS) is 14.1. The van der Waals surface area contributed by atoms with Gasteiger partial charge < -0.3 is 14.6 Å². The van der Waals surface area contributed by atoms with Crippen molar-refractivity contribution in [3.63, 3.8) is 0 Å². The van der Waals surface area contributed by atoms with Crippen molar-refractivity contribution < 1.29 is 14.6 Å². The molecule has 2 rings (SSSR count). The van der Waals surface area contributed by atoms with Gasteiger partial charge in [0.2, 0.25) is 6.79 Å². The summed E-state index contributed by atoms with van der Waals surface area (Å²) in [6, 6.07) is 6.09. The number of unbranched alkanes of at least 4 members (excludes halogenated alkanes) is 1. The first-order valence-corrected chi connectivity index (χ1v) is 6.15. The summed E-state index contributed by atoms with van der Waals surface area (Å²) in [7, 11) is 0. The van der Waals surface area contributed by atoms with E-state index >= 15 is 0 Å². The molecule has 0 aliphatic carbocycles. The lowest BCUT2D eigenvalue weighted by molar-refractivity contribution is 0.0682. The lowest BCUT2D eigenvalue weighted by atomic mass is 9.99. The molecule has 0 saturated heterocycles. The number of fused-ring (bicyclic) bond motifs is 1. The molecule has 0 spiro atoms. The van der Waals surface area contributed by atoms with Crippen molar-refractivity contribution >= 4 is 0 Å². The standard InChI is InChI=1S/C14H20O3/c1-14(2,15)8-4-3-5-11-6-7-12-13(9-11)17-10-16-12/h6-7,9,15H,3-5,8,10H2,1-2H3. The van der Waals surface area contributed by atoms with E-state index in [1.54, 1.807) is 0 Å². The molecule has 0 fully saturated rings. The molecule has 1 aromatic rings. The van der Waals surface area contributed by atoms with Gasteiger partial charge in [-0.1, -0.05) is 12.5 Å². The molecule has 1 aromatic carbocycles. The summed E-state index contributed by atoms with van der Waals surface area (Å²) in [5.74, 6) is 1.69. The van der Waals surface area contributed by atoms with E-state index in [0.29, 0.717) is 6.79 Å². The minimum Gasteiger partial charge on any atom is -0.454 e. The minimum absolute atomic E-state index is 0.331. The van der Waals surface area contributed by atoms with Crippen molar-refractivity contribution in [2.45, 2.75) is 45.1 Å². The smallest absolute Gasteiger partial charge is 0.231 e. The van der Waals surface area contributed by atoms with Crippen LogP contribution in [0.25, 0.3) is 0 Å². The molecule has 0 aromatic heterocycles. The van der Waals surface area contributed by atoms with E-state index in [0.717, 1.165) is 37.2 Å². The largest absolute Gasteiger partial charge is 0.454 e. The number of hydrogen-bond acceptors (Lipinski definition) is 3. The molecular weight excluding hydrogens is 216 g/mol. The topological polar surface area (TPSA) is 38.7 Å². The van der Waals surface area contributed by atoms with Crippen LogP contribution in [-0.4, -0.2) is 17.5 Å². The van der Waals surface area contributed by atoms with E-state index < -0.39 is 5.60 Å². The first-order valence-electron chi connectivity index (χ1n) is 6.15. The Morgan fingerprint density at radius 2 is 1.94 bits per heavy atom. The summed E-state index contributed by atoms with van der Waals surface area (Å²) < 4.78 is 10.6. The number of ether oxygens (including phenoxy) is 2. The van der Waals surface area contributed by atoms with Crippen molar-refractivity contribution in [3.8, 4) is 11.5 Å². The Hall–Kier alpha value is -1.22. The maximum absolute atomic E-state index is 9.61. The molecule has 0 saturated carbocycles. The Morgan fingerprint density at radius 3 is 2.71 bits per heavy atom. The van der Waals surface area contributed by atoms with Crippen LogP contribution in [-0.2, 0) is 6.42 Å². The number of benzene rings is 1. The van der Waals surface area contributed by atoms with E-state index in [-0.39, 0.29) is 0 Å². The molecular formula is C14H20O3. The third kappa shape index (κ3) is 3.63. The molecule has 94 valence electrons. The van der Waals surface area contributed by atoms with Gasteiger partial charge in [0.1, 0.15) is 0 Å². The van der Waals surface area contributed by atoms with Crippen LogP contribution >= 0.6 is 0 Å². The predicted octanol–water partition coefficient (Wildman–Crippen LogP) is 2.90. The highest BCUT2D eigenvalue weighted by Crippen LogP contribution is 2.32. The highest BCUT2D eigenvalue weighted by molar-refractivity contribution is 5.44. The molecule has 1 aliphatic heterocycles. The first-order chi connectivity index (χ1) is 8.04. The fourth-order valence-electron chi connectivity index (χ4n) is 1.98. The van der Waals surface area contributed by atoms with E-state index in [1.807, 2.05) is 26.0 Å². The van der Waals surface area contributed by atoms with Crippen LogP contribution in [0, 0.1) is 0 Å². The van der Waals surface area contributed by atoms with Gasteiger partial charge in [0.15, 0.2) is 11.5 Å². The number of rotatable bonds is 5. The van der Waals surface area contributed by atoms with Crippen LogP contribution in [0.15, 0.2) is 18.2 Å². The van der Waals surface area contributed by atoms with Crippen LogP contribution in [0.3, 0.4) is 0 Å². The molecule has 0 amide bonds. The zero-order chi connectivity index (χ0) is 12.3. The lowest BCUT2D eigenvalue weighted by Crippen LogP contribution is -2.17. The molecule has 0 unspecified atom stereocenters. The Bertz CT molecular complexity index is 380. The van der Waals surface area contributed by atoms with Gasteiger partial charge in [-0.15, -0.1) is 0 Å². The van der Waals surface area contributed by atoms with Gasteiger partial charge in [-0.3, -0.25) is 0 Å². The second-order valence-corrected chi connectivity index (χ2v) is 5.21. The predicted molar refractivity (Wildman–Crippen MR) is 66.4 cm³/mol. The van der Waals surface area contributed by atoms with Crippen molar-refractivity contribution in [1.82, 2.24) is 0 Å². The quantitative estimate of drug-likeness (QED) is 0.799. The van der Waals surface area contributed by atoms with Gasteiger partial charge in [0.25, 0.3) is 0 Å². The van der Waals surface area contributed by atoms with Crippen molar-refractivity contribution in [2.24, 2.45) is 0 Å². The van der Waals surface area contributed by atoms with Gasteiger partial charge in [0, 0.05) is 0 Å². The van der Waals surface area contributed by atoms with Crippen molar-refractivity contribution in [2.75, 3.05) is 6.79 Å². The van der Waals surface area contributed by atoms with E-state index in [9.17, 15) is 5.11 Å². The molecule has 3 nitrogen and oxygen atoms in total. The Morgan fingerprint density at radius 1 is 1.18 bits per heavy atom. The molecule has 0 atom stereocenters. The van der Waals surface area contributed by atoms with Crippen LogP contribution < -0.4 is 9.47 Å².